The molecule has 1 aromatic rings. The Bertz CT molecular complexity index is 855. The van der Waals surface area contributed by atoms with Crippen LogP contribution in [0.25, 0.3) is 0 Å². The molecule has 11 heteroatoms. The number of hydrogen-bond donors (Lipinski definition) is 1. The predicted molar refractivity (Wildman–Crippen MR) is 106 cm³/mol. The fraction of sp³-hybridized carbons (Fsp3) is 0.476. The van der Waals surface area contributed by atoms with Gasteiger partial charge in [0.2, 0.25) is 6.29 Å². The lowest BCUT2D eigenvalue weighted by molar-refractivity contribution is -0.270. The first kappa shape index (κ1) is 24.8. The second-order valence-corrected chi connectivity index (χ2v) is 6.97. The molecule has 1 aliphatic heterocycles. The Morgan fingerprint density at radius 1 is 0.812 bits per heavy atom. The molecule has 1 aliphatic rings. The average Bonchev–Trinajstić information content (AvgIpc) is 2.70. The number of nitrogens with one attached hydrogen (secondary N) is 1. The Kier molecular flexibility index (Phi) is 8.71. The monoisotopic (exact) mass is 451 g/mol. The van der Waals surface area contributed by atoms with Gasteiger partial charge in [-0.15, -0.1) is 0 Å². The summed E-state index contributed by atoms with van der Waals surface area (Å²) in [5, 5.41) is 2.62. The van der Waals surface area contributed by atoms with Gasteiger partial charge in [0, 0.05) is 33.3 Å². The number of rotatable bonds is 7. The lowest BCUT2D eigenvalue weighted by Crippen LogP contribution is -2.67. The van der Waals surface area contributed by atoms with Gasteiger partial charge in [0.15, 0.2) is 12.2 Å². The van der Waals surface area contributed by atoms with E-state index in [2.05, 4.69) is 5.32 Å². The van der Waals surface area contributed by atoms with Crippen LogP contribution >= 0.6 is 0 Å². The third-order valence-corrected chi connectivity index (χ3v) is 4.32. The summed E-state index contributed by atoms with van der Waals surface area (Å²) in [4.78, 5) is 59.3. The standard InChI is InChI=1S/C21H25NO10/c1-11(23)28-10-16-18(29-12(2)24)19(30-13(3)25)17(21(32-16)31-14(4)26)22-20(27)15-8-6-5-7-9-15/h5-9,16-19,21H,10H2,1-4H3,(H,22,27)/t16-,17-,18-,19-,21-/m1/s1. The van der Waals surface area contributed by atoms with Gasteiger partial charge in [0.25, 0.3) is 5.91 Å². The second kappa shape index (κ2) is 11.2. The summed E-state index contributed by atoms with van der Waals surface area (Å²) in [6, 6.07) is 6.88. The van der Waals surface area contributed by atoms with Crippen LogP contribution in [-0.4, -0.2) is 67.0 Å². The Morgan fingerprint density at radius 3 is 1.91 bits per heavy atom. The first-order valence-corrected chi connectivity index (χ1v) is 9.75. The lowest BCUT2D eigenvalue weighted by atomic mass is 9.95. The van der Waals surface area contributed by atoms with E-state index in [9.17, 15) is 24.0 Å². The van der Waals surface area contributed by atoms with Crippen molar-refractivity contribution in [1.29, 1.82) is 0 Å². The molecule has 11 nitrogen and oxygen atoms in total. The summed E-state index contributed by atoms with van der Waals surface area (Å²) in [5.74, 6) is -3.44. The van der Waals surface area contributed by atoms with Gasteiger partial charge in [-0.3, -0.25) is 24.0 Å². The third-order valence-electron chi connectivity index (χ3n) is 4.32. The zero-order chi connectivity index (χ0) is 23.8. The molecule has 32 heavy (non-hydrogen) atoms. The van der Waals surface area contributed by atoms with Gasteiger partial charge in [-0.1, -0.05) is 18.2 Å². The molecule has 0 aromatic heterocycles. The molecule has 0 unspecified atom stereocenters. The van der Waals surface area contributed by atoms with Crippen molar-refractivity contribution in [2.45, 2.75) is 58.3 Å². The van der Waals surface area contributed by atoms with Crippen molar-refractivity contribution in [2.24, 2.45) is 0 Å². The molecular formula is C21H25NO10. The number of benzene rings is 1. The third kappa shape index (κ3) is 7.05. The van der Waals surface area contributed by atoms with E-state index in [1.54, 1.807) is 30.3 Å². The van der Waals surface area contributed by atoms with Crippen LogP contribution in [0.2, 0.25) is 0 Å². The predicted octanol–water partition coefficient (Wildman–Crippen LogP) is 0.500. The van der Waals surface area contributed by atoms with Gasteiger partial charge in [-0.05, 0) is 12.1 Å². The molecule has 2 rings (SSSR count). The summed E-state index contributed by atoms with van der Waals surface area (Å²) in [5.41, 5.74) is 0.279. The molecule has 0 aliphatic carbocycles. The van der Waals surface area contributed by atoms with E-state index >= 15 is 0 Å². The minimum Gasteiger partial charge on any atom is -0.463 e. The Hall–Kier alpha value is -3.47. The molecular weight excluding hydrogens is 426 g/mol. The van der Waals surface area contributed by atoms with Crippen LogP contribution in [0.4, 0.5) is 0 Å². The molecule has 1 amide bonds. The van der Waals surface area contributed by atoms with E-state index < -0.39 is 60.4 Å². The molecule has 1 fully saturated rings. The Labute approximate surface area is 184 Å². The molecule has 0 radical (unpaired) electrons. The van der Waals surface area contributed by atoms with Crippen LogP contribution in [0.15, 0.2) is 30.3 Å². The maximum atomic E-state index is 12.8. The maximum Gasteiger partial charge on any atom is 0.305 e. The van der Waals surface area contributed by atoms with Gasteiger partial charge >= 0.3 is 23.9 Å². The molecule has 0 saturated carbocycles. The van der Waals surface area contributed by atoms with Crippen molar-refractivity contribution in [2.75, 3.05) is 6.61 Å². The Balaban J connectivity index is 2.44. The summed E-state index contributed by atoms with van der Waals surface area (Å²) in [6.07, 6.45) is -5.18. The zero-order valence-electron chi connectivity index (χ0n) is 18.1. The van der Waals surface area contributed by atoms with Crippen molar-refractivity contribution in [3.63, 3.8) is 0 Å². The van der Waals surface area contributed by atoms with Crippen molar-refractivity contribution in [1.82, 2.24) is 5.32 Å². The SMILES string of the molecule is CC(=O)OC[C@H]1O[C@@H](OC(C)=O)[C@H](NC(=O)c2ccccc2)[C@@H](OC(C)=O)[C@@H]1OC(C)=O. The van der Waals surface area contributed by atoms with Gasteiger partial charge in [0.05, 0.1) is 0 Å². The molecule has 1 aromatic carbocycles. The van der Waals surface area contributed by atoms with Gasteiger partial charge < -0.3 is 29.0 Å². The summed E-state index contributed by atoms with van der Waals surface area (Å²) >= 11 is 0. The molecule has 174 valence electrons. The quantitative estimate of drug-likeness (QED) is 0.460. The van der Waals surface area contributed by atoms with Gasteiger partial charge in [-0.25, -0.2) is 0 Å². The molecule has 0 spiro atoms. The zero-order valence-corrected chi connectivity index (χ0v) is 18.1. The molecule has 5 atom stereocenters. The number of carbonyl (C=O) groups is 5. The highest BCUT2D eigenvalue weighted by Crippen LogP contribution is 2.28. The van der Waals surface area contributed by atoms with E-state index in [0.29, 0.717) is 0 Å². The van der Waals surface area contributed by atoms with Crippen molar-refractivity contribution in [3.8, 4) is 0 Å². The second-order valence-electron chi connectivity index (χ2n) is 6.97. The van der Waals surface area contributed by atoms with Gasteiger partial charge in [-0.2, -0.15) is 0 Å². The van der Waals surface area contributed by atoms with Crippen LogP contribution < -0.4 is 5.32 Å². The Morgan fingerprint density at radius 2 is 1.38 bits per heavy atom. The van der Waals surface area contributed by atoms with E-state index in [1.165, 1.54) is 6.92 Å². The van der Waals surface area contributed by atoms with Crippen LogP contribution in [0.3, 0.4) is 0 Å². The maximum absolute atomic E-state index is 12.8. The minimum absolute atomic E-state index is 0.279. The summed E-state index contributed by atoms with van der Waals surface area (Å²) in [6.45, 7) is 4.16. The normalized spacial score (nSPS) is 24.6. The molecule has 0 bridgehead atoms. The first-order valence-electron chi connectivity index (χ1n) is 9.75. The minimum atomic E-state index is -1.43. The fourth-order valence-corrected chi connectivity index (χ4v) is 3.14. The van der Waals surface area contributed by atoms with E-state index in [4.69, 9.17) is 23.7 Å². The van der Waals surface area contributed by atoms with Crippen LogP contribution in [0.5, 0.6) is 0 Å². The molecule has 1 N–H and O–H groups in total. The first-order chi connectivity index (χ1) is 15.1. The molecule has 1 saturated heterocycles. The number of hydrogen-bond acceptors (Lipinski definition) is 10. The summed E-state index contributed by atoms with van der Waals surface area (Å²) < 4.78 is 26.5. The van der Waals surface area contributed by atoms with E-state index in [-0.39, 0.29) is 12.2 Å². The number of amides is 1. The van der Waals surface area contributed by atoms with E-state index in [1.807, 2.05) is 0 Å². The fourth-order valence-electron chi connectivity index (χ4n) is 3.14. The van der Waals surface area contributed by atoms with Gasteiger partial charge in [0.1, 0.15) is 18.8 Å². The van der Waals surface area contributed by atoms with Crippen LogP contribution in [-0.2, 0) is 42.9 Å². The lowest BCUT2D eigenvalue weighted by Gasteiger charge is -2.44. The average molecular weight is 451 g/mol. The number of esters is 4. The van der Waals surface area contributed by atoms with Crippen LogP contribution in [0, 0.1) is 0 Å². The van der Waals surface area contributed by atoms with Crippen molar-refractivity contribution in [3.05, 3.63) is 35.9 Å². The summed E-state index contributed by atoms with van der Waals surface area (Å²) in [7, 11) is 0. The van der Waals surface area contributed by atoms with Crippen molar-refractivity contribution < 1.29 is 47.7 Å². The molecule has 1 heterocycles. The van der Waals surface area contributed by atoms with E-state index in [0.717, 1.165) is 20.8 Å². The smallest absolute Gasteiger partial charge is 0.305 e. The highest BCUT2D eigenvalue weighted by atomic mass is 16.7. The number of ether oxygens (including phenoxy) is 5. The van der Waals surface area contributed by atoms with Crippen molar-refractivity contribution >= 4 is 29.8 Å². The largest absolute Gasteiger partial charge is 0.463 e. The highest BCUT2D eigenvalue weighted by Gasteiger charge is 2.52. The number of carbonyl (C=O) groups excluding carboxylic acids is 5. The topological polar surface area (TPSA) is 144 Å². The van der Waals surface area contributed by atoms with Crippen LogP contribution in [0.1, 0.15) is 38.1 Å². The highest BCUT2D eigenvalue weighted by molar-refractivity contribution is 5.94.